The predicted molar refractivity (Wildman–Crippen MR) is 68.9 cm³/mol. The first kappa shape index (κ1) is 14.6. The number of amides is 1. The molecule has 1 aromatic rings. The molecule has 0 aliphatic heterocycles. The van der Waals surface area contributed by atoms with Gasteiger partial charge >= 0.3 is 6.18 Å². The summed E-state index contributed by atoms with van der Waals surface area (Å²) in [7, 11) is 0. The van der Waals surface area contributed by atoms with Gasteiger partial charge < -0.3 is 10.7 Å². The van der Waals surface area contributed by atoms with E-state index in [1.165, 1.54) is 0 Å². The van der Waals surface area contributed by atoms with Gasteiger partial charge in [0.05, 0.1) is 16.8 Å². The monoisotopic (exact) mass is 287 g/mol. The summed E-state index contributed by atoms with van der Waals surface area (Å²) in [6.07, 6.45) is -2.47. The van der Waals surface area contributed by atoms with Gasteiger partial charge in [-0.05, 0) is 36.5 Å². The molecule has 20 heavy (non-hydrogen) atoms. The maximum absolute atomic E-state index is 12.7. The largest absolute Gasteiger partial charge is 0.416 e. The Morgan fingerprint density at radius 2 is 2.05 bits per heavy atom. The molecular weight excluding hydrogens is 271 g/mol. The van der Waals surface area contributed by atoms with Gasteiger partial charge in [0.25, 0.3) is 5.91 Å². The summed E-state index contributed by atoms with van der Waals surface area (Å²) in [6.45, 7) is 2.47. The van der Waals surface area contributed by atoms with Crippen molar-refractivity contribution in [3.8, 4) is 0 Å². The summed E-state index contributed by atoms with van der Waals surface area (Å²) in [5.74, 6) is 4.67. The van der Waals surface area contributed by atoms with Gasteiger partial charge in [-0.3, -0.25) is 10.6 Å². The molecule has 0 atom stereocenters. The number of hydrogen-bond acceptors (Lipinski definition) is 3. The first-order valence-corrected chi connectivity index (χ1v) is 6.21. The average Bonchev–Trinajstić information content (AvgIpc) is 3.12. The highest BCUT2D eigenvalue weighted by Crippen LogP contribution is 2.44. The number of halogens is 3. The highest BCUT2D eigenvalue weighted by Gasteiger charge is 2.37. The lowest BCUT2D eigenvalue weighted by molar-refractivity contribution is -0.137. The molecule has 0 spiro atoms. The van der Waals surface area contributed by atoms with Crippen molar-refractivity contribution in [1.29, 1.82) is 0 Å². The van der Waals surface area contributed by atoms with Crippen LogP contribution in [0.1, 0.15) is 35.7 Å². The number of nitrogens with two attached hydrogens (primary N) is 1. The summed E-state index contributed by atoms with van der Waals surface area (Å²) in [6, 6.07) is 2.84. The minimum atomic E-state index is -4.50. The zero-order valence-corrected chi connectivity index (χ0v) is 11.0. The Kier molecular flexibility index (Phi) is 3.64. The lowest BCUT2D eigenvalue weighted by Crippen LogP contribution is -2.30. The summed E-state index contributed by atoms with van der Waals surface area (Å²) >= 11 is 0. The van der Waals surface area contributed by atoms with E-state index in [2.05, 4.69) is 10.7 Å². The van der Waals surface area contributed by atoms with E-state index >= 15 is 0 Å². The van der Waals surface area contributed by atoms with E-state index in [9.17, 15) is 18.0 Å². The maximum atomic E-state index is 12.7. The van der Waals surface area contributed by atoms with Gasteiger partial charge in [0.15, 0.2) is 0 Å². The number of nitrogens with one attached hydrogen (secondary N) is 2. The second-order valence-corrected chi connectivity index (χ2v) is 5.40. The zero-order valence-electron chi connectivity index (χ0n) is 11.0. The first-order valence-electron chi connectivity index (χ1n) is 6.21. The van der Waals surface area contributed by atoms with E-state index in [-0.39, 0.29) is 16.7 Å². The predicted octanol–water partition coefficient (Wildman–Crippen LogP) is 2.52. The fraction of sp³-hybridized carbons (Fsp3) is 0.462. The van der Waals surface area contributed by atoms with Crippen LogP contribution in [0.15, 0.2) is 18.2 Å². The highest BCUT2D eigenvalue weighted by molar-refractivity contribution is 5.99. The van der Waals surface area contributed by atoms with Crippen molar-refractivity contribution < 1.29 is 18.0 Å². The van der Waals surface area contributed by atoms with Crippen LogP contribution >= 0.6 is 0 Å². The van der Waals surface area contributed by atoms with Crippen molar-refractivity contribution >= 4 is 11.6 Å². The number of nitrogen functional groups attached to an aromatic ring is 1. The Balaban J connectivity index is 2.21. The lowest BCUT2D eigenvalue weighted by Gasteiger charge is -2.15. The van der Waals surface area contributed by atoms with Crippen LogP contribution in [0.2, 0.25) is 0 Å². The molecule has 1 aromatic carbocycles. The fourth-order valence-corrected chi connectivity index (χ4v) is 1.81. The van der Waals surface area contributed by atoms with Crippen LogP contribution in [0.4, 0.5) is 18.9 Å². The molecule has 7 heteroatoms. The topological polar surface area (TPSA) is 67.2 Å². The molecule has 4 N–H and O–H groups in total. The number of alkyl halides is 3. The molecule has 0 radical (unpaired) electrons. The van der Waals surface area contributed by atoms with Crippen molar-refractivity contribution in [1.82, 2.24) is 5.32 Å². The molecule has 110 valence electrons. The van der Waals surface area contributed by atoms with Gasteiger partial charge in [0, 0.05) is 6.54 Å². The summed E-state index contributed by atoms with van der Waals surface area (Å²) in [5, 5.41) is 2.65. The van der Waals surface area contributed by atoms with Gasteiger partial charge in [0.1, 0.15) is 0 Å². The Labute approximate surface area is 114 Å². The van der Waals surface area contributed by atoms with Crippen LogP contribution in [0.5, 0.6) is 0 Å². The Morgan fingerprint density at radius 1 is 1.40 bits per heavy atom. The SMILES string of the molecule is CC1(CNC(=O)c2cc(C(F)(F)F)ccc2NN)CC1. The maximum Gasteiger partial charge on any atom is 0.416 e. The second kappa shape index (κ2) is 4.97. The molecule has 2 rings (SSSR count). The molecule has 4 nitrogen and oxygen atoms in total. The highest BCUT2D eigenvalue weighted by atomic mass is 19.4. The normalized spacial score (nSPS) is 16.6. The third-order valence-electron chi connectivity index (χ3n) is 3.53. The minimum absolute atomic E-state index is 0.0770. The quantitative estimate of drug-likeness (QED) is 0.589. The number of carbonyl (C=O) groups is 1. The number of carbonyl (C=O) groups excluding carboxylic acids is 1. The molecule has 1 aliphatic rings. The van der Waals surface area contributed by atoms with Crippen molar-refractivity contribution in [3.63, 3.8) is 0 Å². The van der Waals surface area contributed by atoms with E-state index in [0.29, 0.717) is 6.54 Å². The average molecular weight is 287 g/mol. The van der Waals surface area contributed by atoms with Gasteiger partial charge in [-0.15, -0.1) is 0 Å². The van der Waals surface area contributed by atoms with Crippen LogP contribution in [0.3, 0.4) is 0 Å². The summed E-state index contributed by atoms with van der Waals surface area (Å²) in [5.41, 5.74) is 1.50. The summed E-state index contributed by atoms with van der Waals surface area (Å²) in [4.78, 5) is 12.0. The van der Waals surface area contributed by atoms with Crippen LogP contribution in [-0.2, 0) is 6.18 Å². The third-order valence-corrected chi connectivity index (χ3v) is 3.53. The molecule has 0 heterocycles. The second-order valence-electron chi connectivity index (χ2n) is 5.40. The standard InChI is InChI=1S/C13H16F3N3O/c1-12(4-5-12)7-18-11(20)9-6-8(13(14,15)16)2-3-10(9)19-17/h2-3,6,19H,4-5,7,17H2,1H3,(H,18,20). The lowest BCUT2D eigenvalue weighted by atomic mass is 10.1. The van der Waals surface area contributed by atoms with E-state index in [4.69, 9.17) is 5.84 Å². The molecule has 0 saturated heterocycles. The number of rotatable bonds is 4. The molecule has 1 amide bonds. The van der Waals surface area contributed by atoms with Crippen molar-refractivity contribution in [2.45, 2.75) is 25.9 Å². The molecule has 1 aliphatic carbocycles. The van der Waals surface area contributed by atoms with Crippen molar-refractivity contribution in [2.75, 3.05) is 12.0 Å². The van der Waals surface area contributed by atoms with E-state index in [1.807, 2.05) is 6.92 Å². The van der Waals surface area contributed by atoms with E-state index in [1.54, 1.807) is 0 Å². The number of hydrogen-bond donors (Lipinski definition) is 3. The van der Waals surface area contributed by atoms with Crippen molar-refractivity contribution in [3.05, 3.63) is 29.3 Å². The third kappa shape index (κ3) is 3.22. The van der Waals surface area contributed by atoms with Crippen molar-refractivity contribution in [2.24, 2.45) is 11.3 Å². The Morgan fingerprint density at radius 3 is 2.55 bits per heavy atom. The van der Waals surface area contributed by atoms with Crippen LogP contribution in [0, 0.1) is 5.41 Å². The number of anilines is 1. The molecular formula is C13H16F3N3O. The van der Waals surface area contributed by atoms with E-state index < -0.39 is 17.6 Å². The van der Waals surface area contributed by atoms with Gasteiger partial charge in [-0.25, -0.2) is 0 Å². The smallest absolute Gasteiger partial charge is 0.351 e. The number of hydrazine groups is 1. The molecule has 1 saturated carbocycles. The van der Waals surface area contributed by atoms with Crippen LogP contribution in [-0.4, -0.2) is 12.5 Å². The molecule has 0 unspecified atom stereocenters. The van der Waals surface area contributed by atoms with Crippen LogP contribution in [0.25, 0.3) is 0 Å². The van der Waals surface area contributed by atoms with E-state index in [0.717, 1.165) is 31.0 Å². The number of benzene rings is 1. The summed E-state index contributed by atoms with van der Waals surface area (Å²) < 4.78 is 38.0. The van der Waals surface area contributed by atoms with Crippen LogP contribution < -0.4 is 16.6 Å². The van der Waals surface area contributed by atoms with Gasteiger partial charge in [0.2, 0.25) is 0 Å². The zero-order chi connectivity index (χ0) is 15.0. The molecule has 1 fully saturated rings. The fourth-order valence-electron chi connectivity index (χ4n) is 1.81. The minimum Gasteiger partial charge on any atom is -0.351 e. The van der Waals surface area contributed by atoms with Gasteiger partial charge in [-0.1, -0.05) is 6.92 Å². The first-order chi connectivity index (χ1) is 9.25. The molecule has 0 aromatic heterocycles. The van der Waals surface area contributed by atoms with Gasteiger partial charge in [-0.2, -0.15) is 13.2 Å². The Hall–Kier alpha value is -1.76. The Bertz CT molecular complexity index is 524. The molecule has 0 bridgehead atoms.